The number of morpholine rings is 1. The number of likely N-dealkylation sites (tertiary alicyclic amines) is 1. The van der Waals surface area contributed by atoms with Gasteiger partial charge in [0, 0.05) is 48.8 Å². The Morgan fingerprint density at radius 2 is 1.92 bits per heavy atom. The molecule has 1 N–H and O–H groups in total. The maximum atomic E-state index is 12.9. The van der Waals surface area contributed by atoms with Gasteiger partial charge in [0.15, 0.2) is 5.65 Å². The number of carbonyl (C=O) groups is 1. The second-order valence-electron chi connectivity index (χ2n) is 10.9. The number of rotatable bonds is 5. The highest BCUT2D eigenvalue weighted by Gasteiger charge is 2.26. The summed E-state index contributed by atoms with van der Waals surface area (Å²) in [7, 11) is 0. The first kappa shape index (κ1) is 24.1. The maximum Gasteiger partial charge on any atom is 0.236 e. The molecule has 5 heterocycles. The smallest absolute Gasteiger partial charge is 0.236 e. The number of nitrogens with one attached hydrogen (secondary N) is 1. The van der Waals surface area contributed by atoms with Crippen LogP contribution in [0.3, 0.4) is 0 Å². The first-order chi connectivity index (χ1) is 18.0. The fourth-order valence-corrected chi connectivity index (χ4v) is 6.05. The van der Waals surface area contributed by atoms with Gasteiger partial charge >= 0.3 is 0 Å². The quantitative estimate of drug-likeness (QED) is 0.441. The summed E-state index contributed by atoms with van der Waals surface area (Å²) >= 11 is 0. The number of ether oxygens (including phenoxy) is 1. The molecule has 2 aliphatic rings. The summed E-state index contributed by atoms with van der Waals surface area (Å²) in [5.41, 5.74) is 8.17. The van der Waals surface area contributed by atoms with Crippen molar-refractivity contribution in [1.29, 1.82) is 0 Å². The van der Waals surface area contributed by atoms with Crippen LogP contribution in [0.2, 0.25) is 0 Å². The largest absolute Gasteiger partial charge is 0.379 e. The average molecular weight is 501 g/mol. The number of aryl methyl sites for hydroxylation is 1. The SMILES string of the molecule is Cc1cc(-c2[nH]c3ccc(C4CCN(C(=O)CN5CCOCC5)CC4)cc3c2C(C)C)cn2ncnc12. The van der Waals surface area contributed by atoms with Gasteiger partial charge < -0.3 is 14.6 Å². The normalized spacial score (nSPS) is 17.9. The third-order valence-electron chi connectivity index (χ3n) is 8.07. The van der Waals surface area contributed by atoms with Gasteiger partial charge in [0.05, 0.1) is 25.5 Å². The fraction of sp³-hybridized carbons (Fsp3) is 0.483. The molecule has 8 nitrogen and oxygen atoms in total. The summed E-state index contributed by atoms with van der Waals surface area (Å²) in [5, 5.41) is 5.67. The molecule has 0 radical (unpaired) electrons. The number of hydrogen-bond acceptors (Lipinski definition) is 5. The Balaban J connectivity index is 1.23. The van der Waals surface area contributed by atoms with Crippen LogP contribution in [-0.2, 0) is 9.53 Å². The van der Waals surface area contributed by atoms with E-state index < -0.39 is 0 Å². The van der Waals surface area contributed by atoms with Crippen molar-refractivity contribution < 1.29 is 9.53 Å². The number of piperidine rings is 1. The number of nitrogens with zero attached hydrogens (tertiary/aromatic N) is 5. The number of amides is 1. The van der Waals surface area contributed by atoms with Crippen molar-refractivity contribution in [2.45, 2.75) is 45.4 Å². The number of aromatic amines is 1. The zero-order chi connectivity index (χ0) is 25.5. The van der Waals surface area contributed by atoms with E-state index in [1.165, 1.54) is 16.5 Å². The molecule has 4 aromatic rings. The molecule has 0 unspecified atom stereocenters. The Labute approximate surface area is 217 Å². The van der Waals surface area contributed by atoms with Crippen LogP contribution in [0, 0.1) is 6.92 Å². The monoisotopic (exact) mass is 500 g/mol. The van der Waals surface area contributed by atoms with Crippen LogP contribution < -0.4 is 0 Å². The minimum atomic E-state index is 0.257. The van der Waals surface area contributed by atoms with E-state index in [9.17, 15) is 4.79 Å². The lowest BCUT2D eigenvalue weighted by Crippen LogP contribution is -2.46. The van der Waals surface area contributed by atoms with Gasteiger partial charge in [0.2, 0.25) is 5.91 Å². The Kier molecular flexibility index (Phi) is 6.46. The molecule has 1 amide bonds. The lowest BCUT2D eigenvalue weighted by Gasteiger charge is -2.34. The highest BCUT2D eigenvalue weighted by atomic mass is 16.5. The predicted molar refractivity (Wildman–Crippen MR) is 145 cm³/mol. The molecule has 0 aliphatic carbocycles. The number of carbonyl (C=O) groups excluding carboxylic acids is 1. The van der Waals surface area contributed by atoms with Crippen molar-refractivity contribution in [3.05, 3.63) is 53.5 Å². The Morgan fingerprint density at radius 3 is 2.68 bits per heavy atom. The van der Waals surface area contributed by atoms with E-state index in [1.54, 1.807) is 6.33 Å². The molecule has 8 heteroatoms. The van der Waals surface area contributed by atoms with Crippen molar-refractivity contribution in [3.63, 3.8) is 0 Å². The summed E-state index contributed by atoms with van der Waals surface area (Å²) in [6.07, 6.45) is 5.69. The van der Waals surface area contributed by atoms with Gasteiger partial charge in [-0.05, 0) is 66.5 Å². The Morgan fingerprint density at radius 1 is 1.14 bits per heavy atom. The number of hydrogen-bond donors (Lipinski definition) is 1. The molecule has 3 aromatic heterocycles. The van der Waals surface area contributed by atoms with Crippen molar-refractivity contribution in [1.82, 2.24) is 29.4 Å². The molecule has 194 valence electrons. The first-order valence-electron chi connectivity index (χ1n) is 13.5. The number of aromatic nitrogens is 4. The molecule has 2 aliphatic heterocycles. The van der Waals surface area contributed by atoms with Crippen LogP contribution in [-0.4, -0.2) is 81.2 Å². The summed E-state index contributed by atoms with van der Waals surface area (Å²) < 4.78 is 7.27. The lowest BCUT2D eigenvalue weighted by molar-refractivity contribution is -0.134. The third kappa shape index (κ3) is 4.64. The standard InChI is InChI=1S/C29H36N6O2/c1-19(2)27-24-15-22(21-6-8-34(9-7-21)26(36)17-33-10-12-37-13-11-33)4-5-25(24)32-28(27)23-14-20(3)29-30-18-31-35(29)16-23/h4-5,14-16,18-19,21,32H,6-13,17H2,1-3H3. The Bertz CT molecular complexity index is 1420. The average Bonchev–Trinajstić information content (AvgIpc) is 3.54. The van der Waals surface area contributed by atoms with Crippen molar-refractivity contribution in [2.75, 3.05) is 45.9 Å². The van der Waals surface area contributed by atoms with Gasteiger partial charge in [0.1, 0.15) is 6.33 Å². The second kappa shape index (κ2) is 9.91. The molecule has 2 saturated heterocycles. The topological polar surface area (TPSA) is 78.8 Å². The molecule has 2 fully saturated rings. The van der Waals surface area contributed by atoms with Gasteiger partial charge in [-0.15, -0.1) is 0 Å². The number of benzene rings is 1. The molecular weight excluding hydrogens is 464 g/mol. The van der Waals surface area contributed by atoms with Crippen LogP contribution in [0.15, 0.2) is 36.8 Å². The number of fused-ring (bicyclic) bond motifs is 2. The van der Waals surface area contributed by atoms with E-state index in [0.29, 0.717) is 18.4 Å². The van der Waals surface area contributed by atoms with Crippen LogP contribution >= 0.6 is 0 Å². The van der Waals surface area contributed by atoms with Crippen LogP contribution in [0.25, 0.3) is 27.8 Å². The molecule has 0 saturated carbocycles. The predicted octanol–water partition coefficient (Wildman–Crippen LogP) is 4.35. The Hall–Kier alpha value is -3.23. The molecule has 0 atom stereocenters. The summed E-state index contributed by atoms with van der Waals surface area (Å²) in [6, 6.07) is 9.10. The van der Waals surface area contributed by atoms with E-state index in [4.69, 9.17) is 4.74 Å². The number of H-pyrrole nitrogens is 1. The summed E-state index contributed by atoms with van der Waals surface area (Å²) in [6.45, 7) is 12.0. The van der Waals surface area contributed by atoms with E-state index in [0.717, 1.165) is 80.2 Å². The lowest BCUT2D eigenvalue weighted by atomic mass is 9.87. The summed E-state index contributed by atoms with van der Waals surface area (Å²) in [4.78, 5) is 25.2. The van der Waals surface area contributed by atoms with Crippen LogP contribution in [0.4, 0.5) is 0 Å². The highest BCUT2D eigenvalue weighted by Crippen LogP contribution is 2.38. The van der Waals surface area contributed by atoms with Crippen LogP contribution in [0.5, 0.6) is 0 Å². The van der Waals surface area contributed by atoms with Gasteiger partial charge in [-0.25, -0.2) is 9.50 Å². The zero-order valence-corrected chi connectivity index (χ0v) is 22.0. The molecule has 1 aromatic carbocycles. The summed E-state index contributed by atoms with van der Waals surface area (Å²) in [5.74, 6) is 1.10. The van der Waals surface area contributed by atoms with Gasteiger partial charge in [-0.3, -0.25) is 9.69 Å². The van der Waals surface area contributed by atoms with Gasteiger partial charge in [-0.1, -0.05) is 19.9 Å². The molecular formula is C29H36N6O2. The van der Waals surface area contributed by atoms with Crippen molar-refractivity contribution in [3.8, 4) is 11.3 Å². The van der Waals surface area contributed by atoms with E-state index >= 15 is 0 Å². The van der Waals surface area contributed by atoms with E-state index in [1.807, 2.05) is 4.52 Å². The highest BCUT2D eigenvalue weighted by molar-refractivity contribution is 5.92. The molecule has 6 rings (SSSR count). The van der Waals surface area contributed by atoms with Crippen LogP contribution in [0.1, 0.15) is 55.2 Å². The molecule has 0 bridgehead atoms. The number of pyridine rings is 1. The fourth-order valence-electron chi connectivity index (χ4n) is 6.05. The minimum absolute atomic E-state index is 0.257. The molecule has 0 spiro atoms. The third-order valence-corrected chi connectivity index (χ3v) is 8.07. The van der Waals surface area contributed by atoms with Gasteiger partial charge in [0.25, 0.3) is 0 Å². The minimum Gasteiger partial charge on any atom is -0.379 e. The first-order valence-corrected chi connectivity index (χ1v) is 13.5. The van der Waals surface area contributed by atoms with E-state index in [-0.39, 0.29) is 5.91 Å². The van der Waals surface area contributed by atoms with E-state index in [2.05, 4.69) is 76.1 Å². The zero-order valence-electron chi connectivity index (χ0n) is 22.0. The van der Waals surface area contributed by atoms with Crippen molar-refractivity contribution in [2.24, 2.45) is 0 Å². The van der Waals surface area contributed by atoms with Gasteiger partial charge in [-0.2, -0.15) is 5.10 Å². The maximum absolute atomic E-state index is 12.9. The van der Waals surface area contributed by atoms with Crippen molar-refractivity contribution >= 4 is 22.5 Å². The molecule has 37 heavy (non-hydrogen) atoms. The second-order valence-corrected chi connectivity index (χ2v) is 10.9.